The van der Waals surface area contributed by atoms with Crippen LogP contribution in [0, 0.1) is 5.92 Å². The van der Waals surface area contributed by atoms with Crippen LogP contribution in [-0.2, 0) is 6.54 Å². The largest absolute Gasteiger partial charge is 0.373 e. The van der Waals surface area contributed by atoms with Crippen LogP contribution in [0.15, 0.2) is 18.3 Å². The Balaban J connectivity index is 2.11. The molecular formula is C11H17N3. The molecule has 0 bridgehead atoms. The number of pyridine rings is 1. The van der Waals surface area contributed by atoms with E-state index in [0.29, 0.717) is 6.54 Å². The van der Waals surface area contributed by atoms with Gasteiger partial charge in [0.25, 0.3) is 0 Å². The van der Waals surface area contributed by atoms with Crippen LogP contribution in [0.5, 0.6) is 0 Å². The first-order valence-corrected chi connectivity index (χ1v) is 5.16. The van der Waals surface area contributed by atoms with Gasteiger partial charge in [0.15, 0.2) is 0 Å². The van der Waals surface area contributed by atoms with Gasteiger partial charge in [0.05, 0.1) is 11.4 Å². The molecule has 0 amide bonds. The number of hydrogen-bond donors (Lipinski definition) is 1. The minimum Gasteiger partial charge on any atom is -0.373 e. The van der Waals surface area contributed by atoms with Gasteiger partial charge in [-0.1, -0.05) is 0 Å². The molecule has 0 aliphatic heterocycles. The zero-order valence-corrected chi connectivity index (χ0v) is 8.61. The average molecular weight is 191 g/mol. The highest BCUT2D eigenvalue weighted by Crippen LogP contribution is 2.31. The second-order valence-corrected chi connectivity index (χ2v) is 4.00. The molecule has 0 atom stereocenters. The smallest absolute Gasteiger partial charge is 0.0772 e. The summed E-state index contributed by atoms with van der Waals surface area (Å²) < 4.78 is 0. The molecular weight excluding hydrogens is 174 g/mol. The van der Waals surface area contributed by atoms with Gasteiger partial charge in [0.2, 0.25) is 0 Å². The Hall–Kier alpha value is -1.09. The van der Waals surface area contributed by atoms with Crippen molar-refractivity contribution in [2.75, 3.05) is 18.5 Å². The first-order chi connectivity index (χ1) is 6.81. The minimum atomic E-state index is 0.519. The summed E-state index contributed by atoms with van der Waals surface area (Å²) in [6, 6.07) is 4.06. The highest BCUT2D eigenvalue weighted by Gasteiger charge is 2.23. The van der Waals surface area contributed by atoms with E-state index in [4.69, 9.17) is 5.73 Å². The zero-order valence-electron chi connectivity index (χ0n) is 8.61. The lowest BCUT2D eigenvalue weighted by Gasteiger charge is -2.20. The van der Waals surface area contributed by atoms with Crippen LogP contribution in [-0.4, -0.2) is 18.6 Å². The number of nitrogens with zero attached hydrogens (tertiary/aromatic N) is 2. The quantitative estimate of drug-likeness (QED) is 0.782. The normalized spacial score (nSPS) is 15.6. The fourth-order valence-corrected chi connectivity index (χ4v) is 1.72. The molecule has 76 valence electrons. The Kier molecular flexibility index (Phi) is 2.68. The lowest BCUT2D eigenvalue weighted by Crippen LogP contribution is -2.22. The van der Waals surface area contributed by atoms with Gasteiger partial charge in [-0.2, -0.15) is 0 Å². The van der Waals surface area contributed by atoms with Crippen LogP contribution in [0.2, 0.25) is 0 Å². The second-order valence-electron chi connectivity index (χ2n) is 4.00. The average Bonchev–Trinajstić information content (AvgIpc) is 3.01. The third-order valence-corrected chi connectivity index (χ3v) is 2.70. The fraction of sp³-hybridized carbons (Fsp3) is 0.545. The Bertz CT molecular complexity index is 307. The molecule has 3 heteroatoms. The first-order valence-electron chi connectivity index (χ1n) is 5.16. The molecule has 14 heavy (non-hydrogen) atoms. The van der Waals surface area contributed by atoms with Crippen LogP contribution in [0.4, 0.5) is 5.69 Å². The van der Waals surface area contributed by atoms with E-state index in [1.807, 2.05) is 6.07 Å². The number of anilines is 1. The summed E-state index contributed by atoms with van der Waals surface area (Å²) in [6.45, 7) is 1.66. The van der Waals surface area contributed by atoms with E-state index in [0.717, 1.165) is 18.2 Å². The predicted octanol–water partition coefficient (Wildman–Crippen LogP) is 1.39. The van der Waals surface area contributed by atoms with Gasteiger partial charge in [-0.15, -0.1) is 0 Å². The minimum absolute atomic E-state index is 0.519. The van der Waals surface area contributed by atoms with Crippen LogP contribution >= 0.6 is 0 Å². The van der Waals surface area contributed by atoms with E-state index in [1.165, 1.54) is 18.5 Å². The van der Waals surface area contributed by atoms with Crippen LogP contribution < -0.4 is 10.6 Å². The Labute approximate surface area is 84.9 Å². The van der Waals surface area contributed by atoms with E-state index in [1.54, 1.807) is 6.20 Å². The number of nitrogens with two attached hydrogens (primary N) is 1. The van der Waals surface area contributed by atoms with Gasteiger partial charge in [-0.3, -0.25) is 4.98 Å². The number of rotatable bonds is 4. The summed E-state index contributed by atoms with van der Waals surface area (Å²) >= 11 is 0. The Morgan fingerprint density at radius 1 is 1.57 bits per heavy atom. The van der Waals surface area contributed by atoms with Crippen molar-refractivity contribution in [3.63, 3.8) is 0 Å². The molecule has 0 aromatic carbocycles. The predicted molar refractivity (Wildman–Crippen MR) is 58.1 cm³/mol. The SMILES string of the molecule is CN(CC1CC1)c1cccnc1CN. The van der Waals surface area contributed by atoms with Crippen molar-refractivity contribution < 1.29 is 0 Å². The van der Waals surface area contributed by atoms with Crippen molar-refractivity contribution in [1.82, 2.24) is 4.98 Å². The van der Waals surface area contributed by atoms with E-state index in [2.05, 4.69) is 23.0 Å². The fourth-order valence-electron chi connectivity index (χ4n) is 1.72. The van der Waals surface area contributed by atoms with Crippen molar-refractivity contribution >= 4 is 5.69 Å². The molecule has 1 fully saturated rings. The third-order valence-electron chi connectivity index (χ3n) is 2.70. The maximum Gasteiger partial charge on any atom is 0.0772 e. The molecule has 1 aromatic heterocycles. The highest BCUT2D eigenvalue weighted by molar-refractivity contribution is 5.49. The summed E-state index contributed by atoms with van der Waals surface area (Å²) in [4.78, 5) is 6.55. The molecule has 1 heterocycles. The Morgan fingerprint density at radius 2 is 2.36 bits per heavy atom. The third kappa shape index (κ3) is 2.04. The first kappa shape index (κ1) is 9.46. The molecule has 2 rings (SSSR count). The molecule has 1 aliphatic carbocycles. The standard InChI is InChI=1S/C11H17N3/c1-14(8-9-4-5-9)11-3-2-6-13-10(11)7-12/h2-3,6,9H,4-5,7-8,12H2,1H3. The van der Waals surface area contributed by atoms with E-state index < -0.39 is 0 Å². The van der Waals surface area contributed by atoms with E-state index in [9.17, 15) is 0 Å². The molecule has 1 aliphatic rings. The summed E-state index contributed by atoms with van der Waals surface area (Å²) in [5.41, 5.74) is 7.82. The maximum atomic E-state index is 5.65. The van der Waals surface area contributed by atoms with Crippen molar-refractivity contribution in [3.8, 4) is 0 Å². The summed E-state index contributed by atoms with van der Waals surface area (Å²) in [5.74, 6) is 0.894. The number of aromatic nitrogens is 1. The molecule has 0 radical (unpaired) electrons. The van der Waals surface area contributed by atoms with Gasteiger partial charge in [0, 0.05) is 26.3 Å². The molecule has 0 unspecified atom stereocenters. The van der Waals surface area contributed by atoms with E-state index in [-0.39, 0.29) is 0 Å². The molecule has 1 aromatic rings. The second kappa shape index (κ2) is 3.96. The van der Waals surface area contributed by atoms with Gasteiger partial charge in [-0.05, 0) is 30.9 Å². The van der Waals surface area contributed by atoms with Crippen LogP contribution in [0.25, 0.3) is 0 Å². The van der Waals surface area contributed by atoms with Gasteiger partial charge in [0.1, 0.15) is 0 Å². The summed E-state index contributed by atoms with van der Waals surface area (Å²) in [5, 5.41) is 0. The van der Waals surface area contributed by atoms with Crippen molar-refractivity contribution in [3.05, 3.63) is 24.0 Å². The Morgan fingerprint density at radius 3 is 3.00 bits per heavy atom. The van der Waals surface area contributed by atoms with Crippen molar-refractivity contribution in [2.45, 2.75) is 19.4 Å². The highest BCUT2D eigenvalue weighted by atomic mass is 15.1. The van der Waals surface area contributed by atoms with Gasteiger partial charge < -0.3 is 10.6 Å². The van der Waals surface area contributed by atoms with Gasteiger partial charge in [-0.25, -0.2) is 0 Å². The lowest BCUT2D eigenvalue weighted by atomic mass is 10.2. The van der Waals surface area contributed by atoms with Crippen LogP contribution in [0.3, 0.4) is 0 Å². The maximum absolute atomic E-state index is 5.65. The topological polar surface area (TPSA) is 42.2 Å². The zero-order chi connectivity index (χ0) is 9.97. The molecule has 0 spiro atoms. The van der Waals surface area contributed by atoms with Crippen molar-refractivity contribution in [1.29, 1.82) is 0 Å². The lowest BCUT2D eigenvalue weighted by molar-refractivity contribution is 0.778. The number of hydrogen-bond acceptors (Lipinski definition) is 3. The molecule has 3 nitrogen and oxygen atoms in total. The van der Waals surface area contributed by atoms with Crippen LogP contribution in [0.1, 0.15) is 18.5 Å². The summed E-state index contributed by atoms with van der Waals surface area (Å²) in [6.07, 6.45) is 4.56. The molecule has 2 N–H and O–H groups in total. The molecule has 0 saturated heterocycles. The summed E-state index contributed by atoms with van der Waals surface area (Å²) in [7, 11) is 2.12. The van der Waals surface area contributed by atoms with Crippen molar-refractivity contribution in [2.24, 2.45) is 11.7 Å². The molecule has 1 saturated carbocycles. The monoisotopic (exact) mass is 191 g/mol. The van der Waals surface area contributed by atoms with E-state index >= 15 is 0 Å². The van der Waals surface area contributed by atoms with Gasteiger partial charge >= 0.3 is 0 Å².